The van der Waals surface area contributed by atoms with E-state index < -0.39 is 0 Å². The van der Waals surface area contributed by atoms with Gasteiger partial charge in [0.25, 0.3) is 0 Å². The van der Waals surface area contributed by atoms with Gasteiger partial charge in [-0.25, -0.2) is 4.98 Å². The van der Waals surface area contributed by atoms with Gasteiger partial charge in [0.1, 0.15) is 5.82 Å². The summed E-state index contributed by atoms with van der Waals surface area (Å²) in [4.78, 5) is 3.96. The number of allylic oxidation sites excluding steroid dienone is 1. The summed E-state index contributed by atoms with van der Waals surface area (Å²) in [5, 5.41) is 0. The molecule has 0 aromatic carbocycles. The van der Waals surface area contributed by atoms with Gasteiger partial charge >= 0.3 is 0 Å². The number of rotatable bonds is 2. The van der Waals surface area contributed by atoms with E-state index in [0.717, 1.165) is 12.0 Å². The van der Waals surface area contributed by atoms with Gasteiger partial charge in [-0.15, -0.1) is 0 Å². The van der Waals surface area contributed by atoms with Crippen LogP contribution in [0.15, 0.2) is 24.4 Å². The maximum absolute atomic E-state index is 5.42. The number of hydrogen-bond donors (Lipinski definition) is 1. The van der Waals surface area contributed by atoms with Crippen molar-refractivity contribution >= 4 is 11.9 Å². The Hall–Kier alpha value is -1.31. The first-order valence-corrected chi connectivity index (χ1v) is 4.71. The molecule has 0 bridgehead atoms. The van der Waals surface area contributed by atoms with Crippen molar-refractivity contribution in [2.24, 2.45) is 0 Å². The predicted molar refractivity (Wildman–Crippen MR) is 59.3 cm³/mol. The van der Waals surface area contributed by atoms with Gasteiger partial charge in [-0.05, 0) is 24.1 Å². The van der Waals surface area contributed by atoms with Crippen LogP contribution >= 0.6 is 0 Å². The van der Waals surface area contributed by atoms with Crippen LogP contribution in [0.4, 0.5) is 5.82 Å². The Morgan fingerprint density at radius 3 is 2.54 bits per heavy atom. The second-order valence-corrected chi connectivity index (χ2v) is 2.33. The molecule has 1 rings (SSSR count). The molecule has 0 aliphatic heterocycles. The van der Waals surface area contributed by atoms with Crippen LogP contribution in [0.25, 0.3) is 6.08 Å². The number of nitrogen functional groups attached to an aromatic ring is 1. The summed E-state index contributed by atoms with van der Waals surface area (Å²) < 4.78 is 0. The molecule has 2 heteroatoms. The molecule has 1 heterocycles. The number of aromatic nitrogens is 1. The second-order valence-electron chi connectivity index (χ2n) is 2.33. The lowest BCUT2D eigenvalue weighted by atomic mass is 10.2. The SMILES string of the molecule is CC.CC/C=C/c1ccc(N)nc1. The topological polar surface area (TPSA) is 38.9 Å². The lowest BCUT2D eigenvalue weighted by Crippen LogP contribution is -1.87. The Morgan fingerprint density at radius 2 is 2.08 bits per heavy atom. The minimum Gasteiger partial charge on any atom is -0.384 e. The molecular weight excluding hydrogens is 160 g/mol. The predicted octanol–water partition coefficient (Wildman–Crippen LogP) is 3.11. The van der Waals surface area contributed by atoms with Crippen LogP contribution in [0.1, 0.15) is 32.8 Å². The lowest BCUT2D eigenvalue weighted by molar-refractivity contribution is 1.23. The maximum Gasteiger partial charge on any atom is 0.123 e. The maximum atomic E-state index is 5.42. The molecule has 2 nitrogen and oxygen atoms in total. The van der Waals surface area contributed by atoms with E-state index in [0.29, 0.717) is 5.82 Å². The third-order valence-corrected chi connectivity index (χ3v) is 1.36. The van der Waals surface area contributed by atoms with E-state index in [2.05, 4.69) is 18.0 Å². The molecule has 0 aliphatic carbocycles. The van der Waals surface area contributed by atoms with Crippen molar-refractivity contribution in [3.63, 3.8) is 0 Å². The quantitative estimate of drug-likeness (QED) is 0.755. The third kappa shape index (κ3) is 5.01. The van der Waals surface area contributed by atoms with E-state index in [4.69, 9.17) is 5.73 Å². The van der Waals surface area contributed by atoms with Crippen LogP contribution in [0.5, 0.6) is 0 Å². The lowest BCUT2D eigenvalue weighted by Gasteiger charge is -1.92. The van der Waals surface area contributed by atoms with Crippen molar-refractivity contribution < 1.29 is 0 Å². The number of nitrogens with two attached hydrogens (primary N) is 1. The van der Waals surface area contributed by atoms with Gasteiger partial charge < -0.3 is 5.73 Å². The highest BCUT2D eigenvalue weighted by atomic mass is 14.8. The van der Waals surface area contributed by atoms with Crippen molar-refractivity contribution in [1.29, 1.82) is 0 Å². The monoisotopic (exact) mass is 178 g/mol. The first-order valence-electron chi connectivity index (χ1n) is 4.71. The molecule has 0 fully saturated rings. The van der Waals surface area contributed by atoms with Gasteiger partial charge in [-0.1, -0.05) is 32.9 Å². The molecule has 0 atom stereocenters. The molecule has 13 heavy (non-hydrogen) atoms. The first kappa shape index (κ1) is 11.7. The summed E-state index contributed by atoms with van der Waals surface area (Å²) in [6, 6.07) is 3.75. The largest absolute Gasteiger partial charge is 0.384 e. The molecule has 0 radical (unpaired) electrons. The van der Waals surface area contributed by atoms with Gasteiger partial charge in [-0.3, -0.25) is 0 Å². The highest BCUT2D eigenvalue weighted by Crippen LogP contribution is 2.03. The van der Waals surface area contributed by atoms with Crippen LogP contribution in [0.2, 0.25) is 0 Å². The zero-order valence-electron chi connectivity index (χ0n) is 8.62. The zero-order valence-corrected chi connectivity index (χ0v) is 8.62. The number of pyridine rings is 1. The van der Waals surface area contributed by atoms with Crippen LogP contribution in [-0.2, 0) is 0 Å². The zero-order chi connectivity index (χ0) is 10.1. The Labute approximate surface area is 80.5 Å². The highest BCUT2D eigenvalue weighted by Gasteiger charge is 1.85. The van der Waals surface area contributed by atoms with Crippen molar-refractivity contribution in [1.82, 2.24) is 4.98 Å². The molecule has 0 spiro atoms. The number of hydrogen-bond acceptors (Lipinski definition) is 2. The van der Waals surface area contributed by atoms with E-state index in [1.165, 1.54) is 0 Å². The number of anilines is 1. The summed E-state index contributed by atoms with van der Waals surface area (Å²) >= 11 is 0. The molecule has 0 aliphatic rings. The minimum atomic E-state index is 0.568. The molecule has 2 N–H and O–H groups in total. The number of nitrogens with zero attached hydrogens (tertiary/aromatic N) is 1. The van der Waals surface area contributed by atoms with Crippen LogP contribution in [-0.4, -0.2) is 4.98 Å². The minimum absolute atomic E-state index is 0.568. The summed E-state index contributed by atoms with van der Waals surface area (Å²) in [6.45, 7) is 6.10. The Morgan fingerprint density at radius 1 is 1.38 bits per heavy atom. The van der Waals surface area contributed by atoms with Gasteiger partial charge in [0, 0.05) is 6.20 Å². The smallest absolute Gasteiger partial charge is 0.123 e. The third-order valence-electron chi connectivity index (χ3n) is 1.36. The second kappa shape index (κ2) is 7.35. The van der Waals surface area contributed by atoms with Crippen molar-refractivity contribution in [2.75, 3.05) is 5.73 Å². The van der Waals surface area contributed by atoms with E-state index in [1.54, 1.807) is 12.3 Å². The normalized spacial score (nSPS) is 9.46. The highest BCUT2D eigenvalue weighted by molar-refractivity contribution is 5.49. The molecule has 72 valence electrons. The molecule has 0 saturated heterocycles. The molecule has 1 aromatic rings. The van der Waals surface area contributed by atoms with E-state index >= 15 is 0 Å². The van der Waals surface area contributed by atoms with Gasteiger partial charge in [-0.2, -0.15) is 0 Å². The Balaban J connectivity index is 0.000000671. The van der Waals surface area contributed by atoms with Gasteiger partial charge in [0.15, 0.2) is 0 Å². The summed E-state index contributed by atoms with van der Waals surface area (Å²) in [7, 11) is 0. The van der Waals surface area contributed by atoms with E-state index in [1.807, 2.05) is 26.0 Å². The van der Waals surface area contributed by atoms with Gasteiger partial charge in [0.2, 0.25) is 0 Å². The van der Waals surface area contributed by atoms with Crippen LogP contribution < -0.4 is 5.73 Å². The van der Waals surface area contributed by atoms with Crippen molar-refractivity contribution in [2.45, 2.75) is 27.2 Å². The van der Waals surface area contributed by atoms with E-state index in [-0.39, 0.29) is 0 Å². The average Bonchev–Trinajstić information content (AvgIpc) is 2.20. The fraction of sp³-hybridized carbons (Fsp3) is 0.364. The molecule has 1 aromatic heterocycles. The van der Waals surface area contributed by atoms with Crippen molar-refractivity contribution in [3.05, 3.63) is 30.0 Å². The van der Waals surface area contributed by atoms with Crippen LogP contribution in [0.3, 0.4) is 0 Å². The summed E-state index contributed by atoms with van der Waals surface area (Å²) in [6.07, 6.45) is 6.94. The molecule has 0 unspecified atom stereocenters. The average molecular weight is 178 g/mol. The van der Waals surface area contributed by atoms with Crippen LogP contribution in [0, 0.1) is 0 Å². The molecule has 0 saturated carbocycles. The summed E-state index contributed by atoms with van der Waals surface area (Å²) in [5.41, 5.74) is 6.52. The molecular formula is C11H18N2. The van der Waals surface area contributed by atoms with Gasteiger partial charge in [0.05, 0.1) is 0 Å². The fourth-order valence-electron chi connectivity index (χ4n) is 0.769. The summed E-state index contributed by atoms with van der Waals surface area (Å²) in [5.74, 6) is 0.568. The molecule has 0 amide bonds. The Bertz CT molecular complexity index is 237. The fourth-order valence-corrected chi connectivity index (χ4v) is 0.769. The van der Waals surface area contributed by atoms with Crippen molar-refractivity contribution in [3.8, 4) is 0 Å². The standard InChI is InChI=1S/C9H12N2.C2H6/c1-2-3-4-8-5-6-9(10)11-7-8;1-2/h3-7H,2H2,1H3,(H2,10,11);1-2H3/b4-3+;. The van der Waals surface area contributed by atoms with E-state index in [9.17, 15) is 0 Å². The Kier molecular flexibility index (Phi) is 6.60. The first-order chi connectivity index (χ1) is 6.33.